The minimum absolute atomic E-state index is 0.225. The fourth-order valence-electron chi connectivity index (χ4n) is 2.15. The van der Waals surface area contributed by atoms with Gasteiger partial charge in [-0.25, -0.2) is 0 Å². The van der Waals surface area contributed by atoms with E-state index in [2.05, 4.69) is 5.32 Å². The number of benzene rings is 3. The molecule has 0 saturated heterocycles. The molecule has 3 aromatic rings. The molecule has 136 valence electrons. The molecule has 6 heteroatoms. The zero-order valence-electron chi connectivity index (χ0n) is 14.5. The monoisotopic (exact) mass is 361 g/mol. The third-order valence-corrected chi connectivity index (χ3v) is 3.50. The SMILES string of the molecule is NC(=O)c1cccc(NC(=O)c2ccccc2)c1.NC(=O)c1ccccc1. The van der Waals surface area contributed by atoms with Crippen LogP contribution in [0.1, 0.15) is 31.1 Å². The lowest BCUT2D eigenvalue weighted by Crippen LogP contribution is -2.14. The van der Waals surface area contributed by atoms with Crippen LogP contribution in [-0.4, -0.2) is 17.7 Å². The average Bonchev–Trinajstić information content (AvgIpc) is 2.70. The molecule has 6 nitrogen and oxygen atoms in total. The normalized spacial score (nSPS) is 9.48. The van der Waals surface area contributed by atoms with Crippen molar-refractivity contribution in [2.75, 3.05) is 5.32 Å². The lowest BCUT2D eigenvalue weighted by atomic mass is 10.1. The van der Waals surface area contributed by atoms with Crippen molar-refractivity contribution in [3.05, 3.63) is 102 Å². The summed E-state index contributed by atoms with van der Waals surface area (Å²) in [5, 5.41) is 2.71. The van der Waals surface area contributed by atoms with Crippen molar-refractivity contribution in [1.29, 1.82) is 0 Å². The predicted octanol–water partition coefficient (Wildman–Crippen LogP) is 2.82. The lowest BCUT2D eigenvalue weighted by Gasteiger charge is -2.06. The maximum absolute atomic E-state index is 11.9. The Morgan fingerprint density at radius 1 is 0.593 bits per heavy atom. The van der Waals surface area contributed by atoms with Crippen LogP contribution in [0.25, 0.3) is 0 Å². The van der Waals surface area contributed by atoms with Crippen LogP contribution < -0.4 is 16.8 Å². The van der Waals surface area contributed by atoms with Gasteiger partial charge in [-0.05, 0) is 42.5 Å². The summed E-state index contributed by atoms with van der Waals surface area (Å²) < 4.78 is 0. The van der Waals surface area contributed by atoms with E-state index >= 15 is 0 Å². The summed E-state index contributed by atoms with van der Waals surface area (Å²) >= 11 is 0. The Labute approximate surface area is 156 Å². The fraction of sp³-hybridized carbons (Fsp3) is 0. The molecule has 0 saturated carbocycles. The Morgan fingerprint density at radius 2 is 1.07 bits per heavy atom. The highest BCUT2D eigenvalue weighted by Crippen LogP contribution is 2.12. The molecule has 0 aliphatic heterocycles. The van der Waals surface area contributed by atoms with Gasteiger partial charge >= 0.3 is 0 Å². The van der Waals surface area contributed by atoms with Gasteiger partial charge in [0, 0.05) is 22.4 Å². The van der Waals surface area contributed by atoms with E-state index in [9.17, 15) is 14.4 Å². The Bertz CT molecular complexity index is 926. The Hall–Kier alpha value is -3.93. The quantitative estimate of drug-likeness (QED) is 0.663. The third-order valence-electron chi connectivity index (χ3n) is 3.50. The highest BCUT2D eigenvalue weighted by atomic mass is 16.2. The molecule has 5 N–H and O–H groups in total. The molecule has 0 aliphatic carbocycles. The number of carbonyl (C=O) groups excluding carboxylic acids is 3. The zero-order valence-corrected chi connectivity index (χ0v) is 14.5. The van der Waals surface area contributed by atoms with E-state index in [0.29, 0.717) is 22.4 Å². The number of rotatable bonds is 4. The van der Waals surface area contributed by atoms with E-state index in [1.807, 2.05) is 12.1 Å². The van der Waals surface area contributed by atoms with Crippen molar-refractivity contribution in [1.82, 2.24) is 0 Å². The first-order chi connectivity index (χ1) is 13.0. The Balaban J connectivity index is 0.000000244. The van der Waals surface area contributed by atoms with E-state index in [0.717, 1.165) is 0 Å². The molecule has 0 heterocycles. The van der Waals surface area contributed by atoms with E-state index in [1.54, 1.807) is 72.8 Å². The van der Waals surface area contributed by atoms with Crippen molar-refractivity contribution in [2.45, 2.75) is 0 Å². The zero-order chi connectivity index (χ0) is 19.6. The van der Waals surface area contributed by atoms with Crippen LogP contribution in [0, 0.1) is 0 Å². The van der Waals surface area contributed by atoms with E-state index in [4.69, 9.17) is 11.5 Å². The minimum Gasteiger partial charge on any atom is -0.366 e. The third kappa shape index (κ3) is 6.13. The number of nitrogens with one attached hydrogen (secondary N) is 1. The molecule has 3 rings (SSSR count). The van der Waals surface area contributed by atoms with Crippen molar-refractivity contribution >= 4 is 23.4 Å². The van der Waals surface area contributed by atoms with Gasteiger partial charge in [-0.2, -0.15) is 0 Å². The van der Waals surface area contributed by atoms with E-state index in [-0.39, 0.29) is 11.8 Å². The van der Waals surface area contributed by atoms with Gasteiger partial charge in [0.15, 0.2) is 0 Å². The molecule has 0 fully saturated rings. The number of amides is 3. The summed E-state index contributed by atoms with van der Waals surface area (Å²) in [6.45, 7) is 0. The standard InChI is InChI=1S/C14H12N2O2.C7H7NO/c15-13(17)11-7-4-8-12(9-11)16-14(18)10-5-2-1-3-6-10;8-7(9)6-4-2-1-3-5-6/h1-9H,(H2,15,17)(H,16,18);1-5H,(H2,8,9). The number of anilines is 1. The highest BCUT2D eigenvalue weighted by Gasteiger charge is 2.06. The van der Waals surface area contributed by atoms with E-state index < -0.39 is 5.91 Å². The van der Waals surface area contributed by atoms with Crippen LogP contribution in [0.4, 0.5) is 5.69 Å². The second-order valence-electron chi connectivity index (χ2n) is 5.50. The van der Waals surface area contributed by atoms with Gasteiger partial charge in [-0.15, -0.1) is 0 Å². The van der Waals surface area contributed by atoms with Crippen LogP contribution in [0.5, 0.6) is 0 Å². The molecule has 0 spiro atoms. The molecule has 0 unspecified atom stereocenters. The van der Waals surface area contributed by atoms with Gasteiger partial charge in [0.05, 0.1) is 0 Å². The topological polar surface area (TPSA) is 115 Å². The predicted molar refractivity (Wildman–Crippen MR) is 104 cm³/mol. The van der Waals surface area contributed by atoms with Crippen molar-refractivity contribution < 1.29 is 14.4 Å². The second kappa shape index (κ2) is 9.53. The first-order valence-electron chi connectivity index (χ1n) is 8.08. The number of carbonyl (C=O) groups is 3. The number of hydrogen-bond acceptors (Lipinski definition) is 3. The van der Waals surface area contributed by atoms with Crippen molar-refractivity contribution in [3.63, 3.8) is 0 Å². The average molecular weight is 361 g/mol. The maximum Gasteiger partial charge on any atom is 0.255 e. The van der Waals surface area contributed by atoms with Gasteiger partial charge in [0.25, 0.3) is 5.91 Å². The molecule has 3 amide bonds. The summed E-state index contributed by atoms with van der Waals surface area (Å²) in [5.74, 6) is -1.13. The van der Waals surface area contributed by atoms with Crippen LogP contribution in [0.2, 0.25) is 0 Å². The molecule has 0 bridgehead atoms. The molecular formula is C21H19N3O3. The van der Waals surface area contributed by atoms with Crippen LogP contribution in [0.15, 0.2) is 84.9 Å². The second-order valence-corrected chi connectivity index (χ2v) is 5.50. The van der Waals surface area contributed by atoms with Crippen LogP contribution >= 0.6 is 0 Å². The molecule has 0 aromatic heterocycles. The molecule has 0 atom stereocenters. The number of nitrogens with two attached hydrogens (primary N) is 2. The maximum atomic E-state index is 11.9. The lowest BCUT2D eigenvalue weighted by molar-refractivity contribution is 0.0991. The fourth-order valence-corrected chi connectivity index (χ4v) is 2.15. The molecule has 0 radical (unpaired) electrons. The number of primary amides is 2. The molecule has 27 heavy (non-hydrogen) atoms. The van der Waals surface area contributed by atoms with Crippen molar-refractivity contribution in [2.24, 2.45) is 11.5 Å². The molecule has 3 aromatic carbocycles. The minimum atomic E-state index is -0.522. The van der Waals surface area contributed by atoms with E-state index in [1.165, 1.54) is 0 Å². The first-order valence-corrected chi connectivity index (χ1v) is 8.08. The highest BCUT2D eigenvalue weighted by molar-refractivity contribution is 6.05. The smallest absolute Gasteiger partial charge is 0.255 e. The Morgan fingerprint density at radius 3 is 1.56 bits per heavy atom. The number of hydrogen-bond donors (Lipinski definition) is 3. The molecule has 0 aliphatic rings. The van der Waals surface area contributed by atoms with Gasteiger partial charge in [-0.1, -0.05) is 42.5 Å². The van der Waals surface area contributed by atoms with Crippen LogP contribution in [0.3, 0.4) is 0 Å². The van der Waals surface area contributed by atoms with Gasteiger partial charge in [-0.3, -0.25) is 14.4 Å². The van der Waals surface area contributed by atoms with Gasteiger partial charge in [0.2, 0.25) is 11.8 Å². The first kappa shape index (κ1) is 19.4. The molecular weight excluding hydrogens is 342 g/mol. The summed E-state index contributed by atoms with van der Waals surface area (Å²) in [4.78, 5) is 33.3. The van der Waals surface area contributed by atoms with Crippen molar-refractivity contribution in [3.8, 4) is 0 Å². The summed E-state index contributed by atoms with van der Waals surface area (Å²) in [6.07, 6.45) is 0. The summed E-state index contributed by atoms with van der Waals surface area (Å²) in [6, 6.07) is 24.1. The summed E-state index contributed by atoms with van der Waals surface area (Å²) in [7, 11) is 0. The Kier molecular flexibility index (Phi) is 6.84. The van der Waals surface area contributed by atoms with Gasteiger partial charge < -0.3 is 16.8 Å². The largest absolute Gasteiger partial charge is 0.366 e. The summed E-state index contributed by atoms with van der Waals surface area (Å²) in [5.41, 5.74) is 12.2. The van der Waals surface area contributed by atoms with Gasteiger partial charge in [0.1, 0.15) is 0 Å². The van der Waals surface area contributed by atoms with Crippen LogP contribution in [-0.2, 0) is 0 Å².